The van der Waals surface area contributed by atoms with Crippen LogP contribution in [0.4, 0.5) is 26.2 Å². The monoisotopic (exact) mass is 357 g/mol. The van der Waals surface area contributed by atoms with Crippen molar-refractivity contribution >= 4 is 17.5 Å². The summed E-state index contributed by atoms with van der Waals surface area (Å²) < 4.78 is 31.5. The smallest absolute Gasteiger partial charge is 0.249 e. The number of hydrogen-bond acceptors (Lipinski definition) is 6. The molecule has 26 heavy (non-hydrogen) atoms. The first-order valence-corrected chi connectivity index (χ1v) is 7.93. The van der Waals surface area contributed by atoms with Gasteiger partial charge in [-0.05, 0) is 30.2 Å². The highest BCUT2D eigenvalue weighted by molar-refractivity contribution is 5.54. The molecule has 0 fully saturated rings. The first kappa shape index (κ1) is 17.5. The van der Waals surface area contributed by atoms with E-state index in [0.717, 1.165) is 29.9 Å². The number of nitrogens with zero attached hydrogens (tertiary/aromatic N) is 3. The Morgan fingerprint density at radius 3 is 2.73 bits per heavy atom. The fraction of sp³-hybridized carbons (Fsp3) is 0.167. The summed E-state index contributed by atoms with van der Waals surface area (Å²) >= 11 is 0. The molecule has 0 saturated carbocycles. The van der Waals surface area contributed by atoms with Crippen molar-refractivity contribution in [3.05, 3.63) is 65.9 Å². The van der Waals surface area contributed by atoms with Crippen molar-refractivity contribution in [3.63, 3.8) is 0 Å². The van der Waals surface area contributed by atoms with Gasteiger partial charge in [-0.1, -0.05) is 18.2 Å². The van der Waals surface area contributed by atoms with E-state index in [-0.39, 0.29) is 5.95 Å². The Kier molecular flexibility index (Phi) is 5.52. The van der Waals surface area contributed by atoms with Gasteiger partial charge >= 0.3 is 0 Å². The minimum absolute atomic E-state index is 0.179. The zero-order chi connectivity index (χ0) is 18.4. The number of anilines is 3. The molecule has 1 heterocycles. The van der Waals surface area contributed by atoms with Gasteiger partial charge in [0.1, 0.15) is 5.75 Å². The molecule has 0 saturated heterocycles. The maximum atomic E-state index is 13.3. The van der Waals surface area contributed by atoms with E-state index in [4.69, 9.17) is 4.74 Å². The standard InChI is InChI=1S/C18H17F2N5O/c1-26-16-5-3-2-4-12(16)8-9-21-17-11-22-25-18(24-17)23-13-6-7-14(19)15(20)10-13/h2-7,10-11H,8-9H2,1H3,(H2,21,23,24,25). The van der Waals surface area contributed by atoms with Crippen LogP contribution >= 0.6 is 0 Å². The third kappa shape index (κ3) is 4.41. The number of methoxy groups -OCH3 is 1. The summed E-state index contributed by atoms with van der Waals surface area (Å²) in [4.78, 5) is 4.25. The van der Waals surface area contributed by atoms with E-state index in [1.807, 2.05) is 24.3 Å². The Hall–Kier alpha value is -3.29. The molecule has 1 aromatic heterocycles. The quantitative estimate of drug-likeness (QED) is 0.674. The van der Waals surface area contributed by atoms with Gasteiger partial charge in [0.15, 0.2) is 17.5 Å². The van der Waals surface area contributed by atoms with Crippen molar-refractivity contribution in [1.82, 2.24) is 15.2 Å². The Morgan fingerprint density at radius 2 is 1.92 bits per heavy atom. The Balaban J connectivity index is 1.61. The summed E-state index contributed by atoms with van der Waals surface area (Å²) in [7, 11) is 1.64. The lowest BCUT2D eigenvalue weighted by Gasteiger charge is -2.10. The molecule has 2 aromatic carbocycles. The second-order valence-corrected chi connectivity index (χ2v) is 5.41. The van der Waals surface area contributed by atoms with Crippen molar-refractivity contribution in [1.29, 1.82) is 0 Å². The van der Waals surface area contributed by atoms with Gasteiger partial charge in [-0.2, -0.15) is 10.1 Å². The number of aromatic nitrogens is 3. The molecular weight excluding hydrogens is 340 g/mol. The Bertz CT molecular complexity index is 891. The van der Waals surface area contributed by atoms with Crippen LogP contribution in [0.15, 0.2) is 48.7 Å². The molecule has 0 aliphatic rings. The molecule has 3 aromatic rings. The fourth-order valence-corrected chi connectivity index (χ4v) is 2.38. The molecule has 0 amide bonds. The first-order valence-electron chi connectivity index (χ1n) is 7.93. The van der Waals surface area contributed by atoms with Gasteiger partial charge in [0.2, 0.25) is 5.95 Å². The zero-order valence-corrected chi connectivity index (χ0v) is 14.0. The van der Waals surface area contributed by atoms with Crippen LogP contribution in [-0.4, -0.2) is 28.8 Å². The number of nitrogens with one attached hydrogen (secondary N) is 2. The molecule has 6 nitrogen and oxygen atoms in total. The predicted molar refractivity (Wildman–Crippen MR) is 94.7 cm³/mol. The largest absolute Gasteiger partial charge is 0.496 e. The third-order valence-electron chi connectivity index (χ3n) is 3.63. The molecule has 8 heteroatoms. The van der Waals surface area contributed by atoms with Gasteiger partial charge in [-0.15, -0.1) is 5.10 Å². The number of halogens is 2. The maximum absolute atomic E-state index is 13.3. The highest BCUT2D eigenvalue weighted by Gasteiger charge is 2.06. The number of ether oxygens (including phenoxy) is 1. The molecule has 0 aliphatic carbocycles. The molecule has 0 bridgehead atoms. The second-order valence-electron chi connectivity index (χ2n) is 5.41. The lowest BCUT2D eigenvalue weighted by Crippen LogP contribution is -2.09. The van der Waals surface area contributed by atoms with E-state index in [0.29, 0.717) is 18.1 Å². The molecule has 0 unspecified atom stereocenters. The average molecular weight is 357 g/mol. The molecule has 2 N–H and O–H groups in total. The predicted octanol–water partition coefficient (Wildman–Crippen LogP) is 3.56. The van der Waals surface area contributed by atoms with Gasteiger partial charge in [-0.3, -0.25) is 0 Å². The Morgan fingerprint density at radius 1 is 1.08 bits per heavy atom. The maximum Gasteiger partial charge on any atom is 0.249 e. The minimum Gasteiger partial charge on any atom is -0.496 e. The summed E-state index contributed by atoms with van der Waals surface area (Å²) in [6.07, 6.45) is 2.22. The summed E-state index contributed by atoms with van der Waals surface area (Å²) in [6, 6.07) is 11.2. The first-order chi connectivity index (χ1) is 12.7. The molecule has 0 spiro atoms. The molecule has 0 radical (unpaired) electrons. The van der Waals surface area contributed by atoms with Crippen LogP contribution in [0, 0.1) is 11.6 Å². The van der Waals surface area contributed by atoms with Crippen LogP contribution in [0.3, 0.4) is 0 Å². The van der Waals surface area contributed by atoms with Crippen LogP contribution in [0.2, 0.25) is 0 Å². The van der Waals surface area contributed by atoms with Crippen molar-refractivity contribution in [2.24, 2.45) is 0 Å². The van der Waals surface area contributed by atoms with Crippen LogP contribution in [-0.2, 0) is 6.42 Å². The summed E-state index contributed by atoms with van der Waals surface area (Å²) in [5.41, 5.74) is 1.40. The lowest BCUT2D eigenvalue weighted by atomic mass is 10.1. The normalized spacial score (nSPS) is 10.4. The molecule has 0 atom stereocenters. The second kappa shape index (κ2) is 8.19. The summed E-state index contributed by atoms with van der Waals surface area (Å²) in [5, 5.41) is 13.6. The lowest BCUT2D eigenvalue weighted by molar-refractivity contribution is 0.410. The van der Waals surface area contributed by atoms with Gasteiger partial charge in [0, 0.05) is 18.3 Å². The highest BCUT2D eigenvalue weighted by atomic mass is 19.2. The van der Waals surface area contributed by atoms with E-state index in [9.17, 15) is 8.78 Å². The molecular formula is C18H17F2N5O. The Labute approximate surface area is 149 Å². The van der Waals surface area contributed by atoms with E-state index in [2.05, 4.69) is 25.8 Å². The average Bonchev–Trinajstić information content (AvgIpc) is 2.65. The van der Waals surface area contributed by atoms with Crippen LogP contribution < -0.4 is 15.4 Å². The van der Waals surface area contributed by atoms with E-state index < -0.39 is 11.6 Å². The van der Waals surface area contributed by atoms with E-state index in [1.165, 1.54) is 12.3 Å². The van der Waals surface area contributed by atoms with Crippen molar-refractivity contribution in [2.45, 2.75) is 6.42 Å². The van der Waals surface area contributed by atoms with Crippen LogP contribution in [0.5, 0.6) is 5.75 Å². The summed E-state index contributed by atoms with van der Waals surface area (Å²) in [6.45, 7) is 0.615. The van der Waals surface area contributed by atoms with Crippen molar-refractivity contribution in [3.8, 4) is 5.75 Å². The van der Waals surface area contributed by atoms with Crippen molar-refractivity contribution < 1.29 is 13.5 Å². The third-order valence-corrected chi connectivity index (χ3v) is 3.63. The SMILES string of the molecule is COc1ccccc1CCNc1cnnc(Nc2ccc(F)c(F)c2)n1. The highest BCUT2D eigenvalue weighted by Crippen LogP contribution is 2.19. The topological polar surface area (TPSA) is 72.0 Å². The number of para-hydroxylation sites is 1. The minimum atomic E-state index is -0.950. The number of rotatable bonds is 7. The molecule has 134 valence electrons. The number of hydrogen-bond donors (Lipinski definition) is 2. The summed E-state index contributed by atoms with van der Waals surface area (Å²) in [5.74, 6) is -0.343. The van der Waals surface area contributed by atoms with Crippen LogP contribution in [0.25, 0.3) is 0 Å². The van der Waals surface area contributed by atoms with E-state index in [1.54, 1.807) is 7.11 Å². The zero-order valence-electron chi connectivity index (χ0n) is 14.0. The van der Waals surface area contributed by atoms with Gasteiger partial charge in [0.05, 0.1) is 13.3 Å². The van der Waals surface area contributed by atoms with Gasteiger partial charge in [0.25, 0.3) is 0 Å². The van der Waals surface area contributed by atoms with E-state index >= 15 is 0 Å². The van der Waals surface area contributed by atoms with Crippen molar-refractivity contribution in [2.75, 3.05) is 24.3 Å². The molecule has 0 aliphatic heterocycles. The van der Waals surface area contributed by atoms with Crippen LogP contribution in [0.1, 0.15) is 5.56 Å². The van der Waals surface area contributed by atoms with Gasteiger partial charge in [-0.25, -0.2) is 8.78 Å². The fourth-order valence-electron chi connectivity index (χ4n) is 2.38. The molecule has 3 rings (SSSR count). The van der Waals surface area contributed by atoms with Gasteiger partial charge < -0.3 is 15.4 Å². The number of benzene rings is 2.